The van der Waals surface area contributed by atoms with Gasteiger partial charge in [-0.15, -0.1) is 0 Å². The summed E-state index contributed by atoms with van der Waals surface area (Å²) < 4.78 is 16.8. The highest BCUT2D eigenvalue weighted by molar-refractivity contribution is 6.42. The molecule has 2 atom stereocenters. The molecular weight excluding hydrogens is 407 g/mol. The van der Waals surface area contributed by atoms with Crippen molar-refractivity contribution in [2.45, 2.75) is 12.2 Å². The summed E-state index contributed by atoms with van der Waals surface area (Å²) in [7, 11) is 0. The minimum absolute atomic E-state index is 0.238. The molecule has 1 aromatic carbocycles. The van der Waals surface area contributed by atoms with Crippen LogP contribution in [0.15, 0.2) is 45.8 Å². The number of aromatic nitrogens is 3. The predicted molar refractivity (Wildman–Crippen MR) is 103 cm³/mol. The van der Waals surface area contributed by atoms with E-state index in [2.05, 4.69) is 25.0 Å². The number of benzene rings is 1. The Kier molecular flexibility index (Phi) is 5.63. The van der Waals surface area contributed by atoms with Crippen molar-refractivity contribution in [3.63, 3.8) is 0 Å². The second-order valence-corrected chi connectivity index (χ2v) is 6.94. The van der Waals surface area contributed by atoms with Crippen molar-refractivity contribution in [3.8, 4) is 17.3 Å². The first kappa shape index (κ1) is 18.9. The average Bonchev–Trinajstić information content (AvgIpc) is 2.99. The lowest BCUT2D eigenvalue weighted by Crippen LogP contribution is -2.34. The Labute approximate surface area is 169 Å². The van der Waals surface area contributed by atoms with Gasteiger partial charge in [0, 0.05) is 19.3 Å². The molecule has 28 heavy (non-hydrogen) atoms. The average molecular weight is 423 g/mol. The van der Waals surface area contributed by atoms with Crippen LogP contribution in [0.5, 0.6) is 5.88 Å². The van der Waals surface area contributed by atoms with Crippen LogP contribution in [0.2, 0.25) is 10.0 Å². The van der Waals surface area contributed by atoms with E-state index in [4.69, 9.17) is 32.7 Å². The zero-order valence-corrected chi connectivity index (χ0v) is 16.0. The Morgan fingerprint density at radius 1 is 1.21 bits per heavy atom. The monoisotopic (exact) mass is 422 g/mol. The van der Waals surface area contributed by atoms with Gasteiger partial charge >= 0.3 is 5.76 Å². The smallest absolute Gasteiger partial charge is 0.439 e. The van der Waals surface area contributed by atoms with E-state index in [1.165, 1.54) is 0 Å². The van der Waals surface area contributed by atoms with Crippen molar-refractivity contribution < 1.29 is 14.0 Å². The Bertz CT molecular complexity index is 1020. The number of nitrogens with zero attached hydrogens (tertiary/aromatic N) is 2. The third-order valence-corrected chi connectivity index (χ3v) is 5.00. The molecule has 1 fully saturated rings. The van der Waals surface area contributed by atoms with Crippen LogP contribution in [0.1, 0.15) is 11.7 Å². The third kappa shape index (κ3) is 4.05. The molecule has 1 aliphatic heterocycles. The molecule has 0 radical (unpaired) electrons. The van der Waals surface area contributed by atoms with Crippen LogP contribution in [-0.2, 0) is 4.74 Å². The Morgan fingerprint density at radius 3 is 2.89 bits per heavy atom. The summed E-state index contributed by atoms with van der Waals surface area (Å²) in [6, 6.07) is 8.80. The van der Waals surface area contributed by atoms with E-state index >= 15 is 0 Å². The van der Waals surface area contributed by atoms with Crippen molar-refractivity contribution in [2.24, 2.45) is 0 Å². The summed E-state index contributed by atoms with van der Waals surface area (Å²) in [5.41, 5.74) is 1.35. The molecular formula is C18H16Cl2N4O4. The summed E-state index contributed by atoms with van der Waals surface area (Å²) in [6.07, 6.45) is 0.791. The van der Waals surface area contributed by atoms with E-state index in [9.17, 15) is 4.79 Å². The molecule has 1 aliphatic rings. The predicted octanol–water partition coefficient (Wildman–Crippen LogP) is 2.84. The fraction of sp³-hybridized carbons (Fsp3) is 0.278. The van der Waals surface area contributed by atoms with Gasteiger partial charge < -0.3 is 14.8 Å². The minimum atomic E-state index is -0.655. The summed E-state index contributed by atoms with van der Waals surface area (Å²) in [5.74, 6) is -0.117. The highest BCUT2D eigenvalue weighted by atomic mass is 35.5. The molecule has 0 bridgehead atoms. The van der Waals surface area contributed by atoms with E-state index in [1.54, 1.807) is 30.5 Å². The van der Waals surface area contributed by atoms with Gasteiger partial charge in [0.05, 0.1) is 22.2 Å². The van der Waals surface area contributed by atoms with Crippen molar-refractivity contribution in [3.05, 3.63) is 62.7 Å². The van der Waals surface area contributed by atoms with Crippen LogP contribution in [-0.4, -0.2) is 40.9 Å². The first-order valence-electron chi connectivity index (χ1n) is 8.57. The molecule has 3 aromatic rings. The standard InChI is InChI=1S/C18H16Cl2N4O4/c19-12-4-3-10(8-13(12)20)15-14(9-21-6-7-26-15)27-17-11(2-1-5-22-17)16-23-18(25)28-24-16/h1-5,8,14-15,21H,6-7,9H2,(H,23,24,25). The van der Waals surface area contributed by atoms with Gasteiger partial charge in [0.2, 0.25) is 5.88 Å². The quantitative estimate of drug-likeness (QED) is 0.665. The van der Waals surface area contributed by atoms with E-state index in [0.717, 1.165) is 5.56 Å². The van der Waals surface area contributed by atoms with Gasteiger partial charge in [-0.1, -0.05) is 34.4 Å². The number of nitrogens with one attached hydrogen (secondary N) is 2. The molecule has 2 aromatic heterocycles. The lowest BCUT2D eigenvalue weighted by atomic mass is 10.0. The normalized spacial score (nSPS) is 19.9. The molecule has 2 unspecified atom stereocenters. The maximum absolute atomic E-state index is 11.3. The van der Waals surface area contributed by atoms with Crippen LogP contribution in [0.4, 0.5) is 0 Å². The number of aromatic amines is 1. The number of H-pyrrole nitrogens is 1. The van der Waals surface area contributed by atoms with Gasteiger partial charge in [-0.3, -0.25) is 9.51 Å². The lowest BCUT2D eigenvalue weighted by molar-refractivity contribution is -0.00981. The number of rotatable bonds is 4. The van der Waals surface area contributed by atoms with Crippen LogP contribution in [0.25, 0.3) is 11.4 Å². The first-order chi connectivity index (χ1) is 13.6. The maximum Gasteiger partial charge on any atom is 0.439 e. The second kappa shape index (κ2) is 8.32. The van der Waals surface area contributed by atoms with E-state index in [1.807, 2.05) is 6.07 Å². The fourth-order valence-corrected chi connectivity index (χ4v) is 3.28. The largest absolute Gasteiger partial charge is 0.469 e. The number of hydrogen-bond donors (Lipinski definition) is 2. The molecule has 3 heterocycles. The van der Waals surface area contributed by atoms with Gasteiger partial charge in [-0.05, 0) is 29.8 Å². The summed E-state index contributed by atoms with van der Waals surface area (Å²) in [5, 5.41) is 7.90. The fourth-order valence-electron chi connectivity index (χ4n) is 2.97. The van der Waals surface area contributed by atoms with E-state index < -0.39 is 18.0 Å². The molecule has 0 spiro atoms. The molecule has 0 amide bonds. The molecule has 2 N–H and O–H groups in total. The van der Waals surface area contributed by atoms with Gasteiger partial charge in [-0.2, -0.15) is 0 Å². The van der Waals surface area contributed by atoms with Crippen molar-refractivity contribution in [2.75, 3.05) is 19.7 Å². The van der Waals surface area contributed by atoms with Crippen molar-refractivity contribution in [1.29, 1.82) is 0 Å². The zero-order chi connectivity index (χ0) is 19.5. The molecule has 4 rings (SSSR count). The maximum atomic E-state index is 11.3. The molecule has 10 heteroatoms. The lowest BCUT2D eigenvalue weighted by Gasteiger charge is -2.26. The SMILES string of the molecule is O=c1[nH]c(-c2cccnc2OC2CNCCOC2c2ccc(Cl)c(Cl)c2)no1. The van der Waals surface area contributed by atoms with Crippen molar-refractivity contribution in [1.82, 2.24) is 20.4 Å². The van der Waals surface area contributed by atoms with Gasteiger partial charge in [0.15, 0.2) is 5.82 Å². The first-order valence-corrected chi connectivity index (χ1v) is 9.33. The van der Waals surface area contributed by atoms with Crippen LogP contribution >= 0.6 is 23.2 Å². The Hall–Kier alpha value is -2.39. The highest BCUT2D eigenvalue weighted by Crippen LogP contribution is 2.33. The Balaban J connectivity index is 1.66. The molecule has 0 aliphatic carbocycles. The molecule has 8 nitrogen and oxygen atoms in total. The topological polar surface area (TPSA) is 102 Å². The number of pyridine rings is 1. The number of ether oxygens (including phenoxy) is 2. The summed E-state index contributed by atoms with van der Waals surface area (Å²) in [4.78, 5) is 18.1. The van der Waals surface area contributed by atoms with Crippen molar-refractivity contribution >= 4 is 23.2 Å². The number of halogens is 2. The van der Waals surface area contributed by atoms with Crippen LogP contribution in [0, 0.1) is 0 Å². The van der Waals surface area contributed by atoms with Gasteiger partial charge in [0.1, 0.15) is 12.2 Å². The molecule has 0 saturated carbocycles. The summed E-state index contributed by atoms with van der Waals surface area (Å²) >= 11 is 12.2. The third-order valence-electron chi connectivity index (χ3n) is 4.26. The van der Waals surface area contributed by atoms with Crippen LogP contribution in [0.3, 0.4) is 0 Å². The second-order valence-electron chi connectivity index (χ2n) is 6.13. The highest BCUT2D eigenvalue weighted by Gasteiger charge is 2.30. The van der Waals surface area contributed by atoms with Gasteiger partial charge in [0.25, 0.3) is 0 Å². The molecule has 1 saturated heterocycles. The molecule has 146 valence electrons. The van der Waals surface area contributed by atoms with E-state index in [-0.39, 0.29) is 5.82 Å². The summed E-state index contributed by atoms with van der Waals surface area (Å²) in [6.45, 7) is 1.72. The minimum Gasteiger partial charge on any atom is -0.469 e. The van der Waals surface area contributed by atoms with Crippen LogP contribution < -0.4 is 15.8 Å². The van der Waals surface area contributed by atoms with E-state index in [0.29, 0.717) is 41.2 Å². The number of hydrogen-bond acceptors (Lipinski definition) is 7. The van der Waals surface area contributed by atoms with Gasteiger partial charge in [-0.25, -0.2) is 9.78 Å². The zero-order valence-electron chi connectivity index (χ0n) is 14.5. The Morgan fingerprint density at radius 2 is 2.11 bits per heavy atom.